The van der Waals surface area contributed by atoms with Crippen molar-refractivity contribution in [2.45, 2.75) is 64.2 Å². The third-order valence-corrected chi connectivity index (χ3v) is 10.6. The number of benzene rings is 4. The van der Waals surface area contributed by atoms with Crippen molar-refractivity contribution in [2.75, 3.05) is 4.90 Å². The quantitative estimate of drug-likeness (QED) is 0.193. The lowest BCUT2D eigenvalue weighted by molar-refractivity contribution is 0.393. The van der Waals surface area contributed by atoms with Gasteiger partial charge >= 0.3 is 0 Å². The third-order valence-electron chi connectivity index (χ3n) is 10.6. The van der Waals surface area contributed by atoms with E-state index in [4.69, 9.17) is 9.72 Å². The average Bonchev–Trinajstić information content (AvgIpc) is 3.19. The van der Waals surface area contributed by atoms with E-state index in [1.807, 2.05) is 0 Å². The van der Waals surface area contributed by atoms with Crippen LogP contribution in [0.2, 0.25) is 0 Å². The van der Waals surface area contributed by atoms with Crippen LogP contribution in [0.5, 0.6) is 11.5 Å². The van der Waals surface area contributed by atoms with Crippen molar-refractivity contribution in [1.29, 1.82) is 0 Å². The molecule has 4 aliphatic rings. The van der Waals surface area contributed by atoms with Crippen LogP contribution in [0.1, 0.15) is 70.3 Å². The molecular formula is C39H35BN2O. The summed E-state index contributed by atoms with van der Waals surface area (Å²) in [6.45, 7) is 14.3. The first kappa shape index (κ1) is 25.2. The van der Waals surface area contributed by atoms with Crippen molar-refractivity contribution in [1.82, 2.24) is 4.98 Å². The standard InChI is InChI=1S/C39H35BN2O/c1-37(2)22-38(3,4)32-25(37)19-20-29-35(32)43-31-18-12-17-27-34(31)42(29)30-21-28(23-13-8-7-9-14-23)41-36-33(30)40(27)26-16-11-10-15-24(26)39(36,5)6/h7-21H,22H2,1-6H3. The minimum atomic E-state index is -0.254. The van der Waals surface area contributed by atoms with Crippen LogP contribution in [0.25, 0.3) is 11.3 Å². The van der Waals surface area contributed by atoms with E-state index in [9.17, 15) is 0 Å². The third kappa shape index (κ3) is 3.14. The Morgan fingerprint density at radius 1 is 0.721 bits per heavy atom. The summed E-state index contributed by atoms with van der Waals surface area (Å²) in [7, 11) is 0. The fourth-order valence-corrected chi connectivity index (χ4v) is 9.12. The first-order chi connectivity index (χ1) is 20.6. The van der Waals surface area contributed by atoms with E-state index < -0.39 is 0 Å². The fourth-order valence-electron chi connectivity index (χ4n) is 9.12. The maximum atomic E-state index is 7.04. The summed E-state index contributed by atoms with van der Waals surface area (Å²) in [4.78, 5) is 8.02. The molecule has 9 rings (SSSR count). The van der Waals surface area contributed by atoms with Gasteiger partial charge in [-0.3, -0.25) is 4.98 Å². The summed E-state index contributed by atoms with van der Waals surface area (Å²) >= 11 is 0. The average molecular weight is 559 g/mol. The maximum absolute atomic E-state index is 7.04. The molecule has 0 spiro atoms. The molecule has 0 fully saturated rings. The predicted molar refractivity (Wildman–Crippen MR) is 178 cm³/mol. The highest BCUT2D eigenvalue weighted by molar-refractivity contribution is 6.99. The number of anilines is 3. The highest BCUT2D eigenvalue weighted by atomic mass is 16.5. The van der Waals surface area contributed by atoms with Gasteiger partial charge in [-0.05, 0) is 57.5 Å². The van der Waals surface area contributed by atoms with Gasteiger partial charge in [-0.25, -0.2) is 0 Å². The van der Waals surface area contributed by atoms with E-state index in [1.165, 1.54) is 44.5 Å². The van der Waals surface area contributed by atoms with Gasteiger partial charge in [-0.2, -0.15) is 0 Å². The van der Waals surface area contributed by atoms with E-state index in [0.717, 1.165) is 40.6 Å². The van der Waals surface area contributed by atoms with Gasteiger partial charge in [0.05, 0.1) is 17.1 Å². The molecule has 3 nitrogen and oxygen atoms in total. The summed E-state index contributed by atoms with van der Waals surface area (Å²) in [5.41, 5.74) is 14.7. The van der Waals surface area contributed by atoms with Gasteiger partial charge < -0.3 is 9.64 Å². The smallest absolute Gasteiger partial charge is 0.249 e. The van der Waals surface area contributed by atoms with E-state index in [2.05, 4.69) is 137 Å². The SMILES string of the molecule is CC1(C)CC(C)(C)c2c1ccc1c2Oc2cccc3c2N1c1cc(-c2ccccc2)nc2c1B3c1ccccc1C2(C)C. The molecule has 0 saturated carbocycles. The van der Waals surface area contributed by atoms with Crippen LogP contribution in [0.15, 0.2) is 91.0 Å². The summed E-state index contributed by atoms with van der Waals surface area (Å²) in [5.74, 6) is 1.95. The van der Waals surface area contributed by atoms with Crippen molar-refractivity contribution >= 4 is 40.2 Å². The van der Waals surface area contributed by atoms with Crippen molar-refractivity contribution in [3.05, 3.63) is 113 Å². The predicted octanol–water partition coefficient (Wildman–Crippen LogP) is 7.75. The largest absolute Gasteiger partial charge is 0.453 e. The Morgan fingerprint density at radius 3 is 2.28 bits per heavy atom. The molecule has 0 radical (unpaired) electrons. The topological polar surface area (TPSA) is 25.4 Å². The van der Waals surface area contributed by atoms with Crippen LogP contribution < -0.4 is 26.0 Å². The Morgan fingerprint density at radius 2 is 1.47 bits per heavy atom. The van der Waals surface area contributed by atoms with Gasteiger partial charge in [-0.15, -0.1) is 0 Å². The minimum Gasteiger partial charge on any atom is -0.453 e. The lowest BCUT2D eigenvalue weighted by atomic mass is 9.30. The number of nitrogens with zero attached hydrogens (tertiary/aromatic N) is 2. The lowest BCUT2D eigenvalue weighted by Gasteiger charge is -2.47. The number of fused-ring (bicyclic) bond motifs is 8. The van der Waals surface area contributed by atoms with Gasteiger partial charge in [-0.1, -0.05) is 120 Å². The molecule has 1 aliphatic carbocycles. The molecule has 3 aliphatic heterocycles. The number of hydrogen-bond acceptors (Lipinski definition) is 3. The summed E-state index contributed by atoms with van der Waals surface area (Å²) in [5, 5.41) is 0. The second kappa shape index (κ2) is 7.99. The van der Waals surface area contributed by atoms with Crippen LogP contribution in [-0.4, -0.2) is 11.7 Å². The molecule has 4 heterocycles. The van der Waals surface area contributed by atoms with Crippen molar-refractivity contribution in [3.63, 3.8) is 0 Å². The number of aromatic nitrogens is 1. The molecular weight excluding hydrogens is 523 g/mol. The Labute approximate surface area is 254 Å². The molecule has 0 N–H and O–H groups in total. The second-order valence-electron chi connectivity index (χ2n) is 14.7. The first-order valence-electron chi connectivity index (χ1n) is 15.6. The van der Waals surface area contributed by atoms with Gasteiger partial charge in [0, 0.05) is 27.9 Å². The monoisotopic (exact) mass is 558 g/mol. The molecule has 43 heavy (non-hydrogen) atoms. The highest BCUT2D eigenvalue weighted by Gasteiger charge is 2.51. The molecule has 5 aromatic rings. The maximum Gasteiger partial charge on any atom is 0.249 e. The first-order valence-corrected chi connectivity index (χ1v) is 15.6. The van der Waals surface area contributed by atoms with Gasteiger partial charge in [0.15, 0.2) is 11.5 Å². The van der Waals surface area contributed by atoms with Gasteiger partial charge in [0.1, 0.15) is 0 Å². The normalized spacial score (nSPS) is 18.6. The van der Waals surface area contributed by atoms with Gasteiger partial charge in [0.25, 0.3) is 0 Å². The molecule has 0 saturated heterocycles. The van der Waals surface area contributed by atoms with Crippen molar-refractivity contribution in [3.8, 4) is 22.8 Å². The Bertz CT molecular complexity index is 2020. The van der Waals surface area contributed by atoms with Crippen molar-refractivity contribution in [2.24, 2.45) is 0 Å². The molecule has 1 aromatic heterocycles. The van der Waals surface area contributed by atoms with Crippen LogP contribution in [-0.2, 0) is 16.2 Å². The Kier molecular flexibility index (Phi) is 4.69. The van der Waals surface area contributed by atoms with E-state index in [0.29, 0.717) is 0 Å². The summed E-state index contributed by atoms with van der Waals surface area (Å²) in [6.07, 6.45) is 1.10. The van der Waals surface area contributed by atoms with Crippen LogP contribution >= 0.6 is 0 Å². The lowest BCUT2D eigenvalue weighted by Crippen LogP contribution is -2.64. The molecule has 0 bridgehead atoms. The summed E-state index contributed by atoms with van der Waals surface area (Å²) < 4.78 is 7.04. The van der Waals surface area contributed by atoms with Crippen LogP contribution in [0.4, 0.5) is 17.1 Å². The highest BCUT2D eigenvalue weighted by Crippen LogP contribution is 2.60. The molecule has 0 unspecified atom stereocenters. The van der Waals surface area contributed by atoms with E-state index in [-0.39, 0.29) is 23.0 Å². The van der Waals surface area contributed by atoms with Crippen molar-refractivity contribution < 1.29 is 4.74 Å². The summed E-state index contributed by atoms with van der Waals surface area (Å²) in [6, 6.07) is 33.3. The zero-order valence-corrected chi connectivity index (χ0v) is 25.7. The molecule has 210 valence electrons. The number of rotatable bonds is 1. The Hall–Kier alpha value is -4.31. The number of ether oxygens (including phenoxy) is 1. The Balaban J connectivity index is 1.41. The molecule has 0 amide bonds. The van der Waals surface area contributed by atoms with Crippen LogP contribution in [0.3, 0.4) is 0 Å². The van der Waals surface area contributed by atoms with Crippen LogP contribution in [0, 0.1) is 0 Å². The van der Waals surface area contributed by atoms with E-state index in [1.54, 1.807) is 0 Å². The molecule has 0 atom stereocenters. The molecule has 4 heteroatoms. The zero-order valence-electron chi connectivity index (χ0n) is 25.7. The van der Waals surface area contributed by atoms with E-state index >= 15 is 0 Å². The second-order valence-corrected chi connectivity index (χ2v) is 14.7. The number of hydrogen-bond donors (Lipinski definition) is 0. The fraction of sp³-hybridized carbons (Fsp3) is 0.256. The molecule has 4 aromatic carbocycles. The zero-order chi connectivity index (χ0) is 29.5. The van der Waals surface area contributed by atoms with Gasteiger partial charge in [0.2, 0.25) is 6.71 Å². The number of para-hydroxylation sites is 1. The minimum absolute atomic E-state index is 0.00537. The number of pyridine rings is 1.